The Labute approximate surface area is 167 Å². The molecular weight excluding hydrogens is 346 g/mol. The van der Waals surface area contributed by atoms with Gasteiger partial charge in [0.15, 0.2) is 0 Å². The zero-order valence-electron chi connectivity index (χ0n) is 16.5. The summed E-state index contributed by atoms with van der Waals surface area (Å²) in [5.74, 6) is 0. The molecule has 3 heteroatoms. The van der Waals surface area contributed by atoms with Gasteiger partial charge in [0.2, 0.25) is 0 Å². The lowest BCUT2D eigenvalue weighted by Crippen LogP contribution is -2.57. The van der Waals surface area contributed by atoms with E-state index in [9.17, 15) is 4.79 Å². The van der Waals surface area contributed by atoms with Gasteiger partial charge in [-0.05, 0) is 61.3 Å². The van der Waals surface area contributed by atoms with E-state index in [4.69, 9.17) is 4.74 Å². The highest BCUT2D eigenvalue weighted by Crippen LogP contribution is 2.53. The standard InChI is InChI=1S/C25H27NO2/c1-18-10-11-20-16-23-21-9-5-6-12-25(21,22(20)15-18)13-14-26(23)24(27)28-17-19-7-3-2-4-8-19/h2-4,7-11,15,23H,5-6,12-14,16-17H2,1H3/t23-,25-/m1/s1. The number of allylic oxidation sites excluding steroid dienone is 1. The molecule has 0 N–H and O–H groups in total. The molecule has 0 spiro atoms. The second kappa shape index (κ2) is 6.80. The molecule has 1 aliphatic heterocycles. The summed E-state index contributed by atoms with van der Waals surface area (Å²) in [6, 6.07) is 17.0. The maximum Gasteiger partial charge on any atom is 0.410 e. The van der Waals surface area contributed by atoms with Crippen molar-refractivity contribution in [2.45, 2.75) is 57.1 Å². The van der Waals surface area contributed by atoms with Crippen LogP contribution in [0.2, 0.25) is 0 Å². The molecule has 2 bridgehead atoms. The number of piperidine rings is 1. The number of hydrogen-bond acceptors (Lipinski definition) is 2. The van der Waals surface area contributed by atoms with E-state index < -0.39 is 0 Å². The summed E-state index contributed by atoms with van der Waals surface area (Å²) >= 11 is 0. The van der Waals surface area contributed by atoms with Crippen LogP contribution < -0.4 is 0 Å². The summed E-state index contributed by atoms with van der Waals surface area (Å²) in [5.41, 5.74) is 6.91. The van der Waals surface area contributed by atoms with Crippen molar-refractivity contribution < 1.29 is 9.53 Å². The molecule has 0 aromatic heterocycles. The molecule has 0 radical (unpaired) electrons. The van der Waals surface area contributed by atoms with Crippen LogP contribution in [0.25, 0.3) is 0 Å². The van der Waals surface area contributed by atoms with Crippen LogP contribution in [-0.4, -0.2) is 23.6 Å². The maximum absolute atomic E-state index is 13.0. The smallest absolute Gasteiger partial charge is 0.410 e. The van der Waals surface area contributed by atoms with Gasteiger partial charge < -0.3 is 9.64 Å². The predicted octanol–water partition coefficient (Wildman–Crippen LogP) is 5.31. The number of amides is 1. The fourth-order valence-electron chi connectivity index (χ4n) is 5.55. The minimum Gasteiger partial charge on any atom is -0.445 e. The zero-order chi connectivity index (χ0) is 19.1. The minimum atomic E-state index is -0.176. The van der Waals surface area contributed by atoms with Crippen LogP contribution in [0.5, 0.6) is 0 Å². The van der Waals surface area contributed by atoms with E-state index in [0.29, 0.717) is 6.61 Å². The van der Waals surface area contributed by atoms with Gasteiger partial charge in [-0.3, -0.25) is 0 Å². The Bertz CT molecular complexity index is 933. The Hall–Kier alpha value is -2.55. The number of nitrogens with zero attached hydrogens (tertiary/aromatic N) is 1. The number of rotatable bonds is 2. The van der Waals surface area contributed by atoms with Crippen LogP contribution in [0.15, 0.2) is 60.2 Å². The quantitative estimate of drug-likeness (QED) is 0.668. The Morgan fingerprint density at radius 3 is 2.89 bits per heavy atom. The van der Waals surface area contributed by atoms with Crippen molar-refractivity contribution in [1.82, 2.24) is 4.90 Å². The predicted molar refractivity (Wildman–Crippen MR) is 110 cm³/mol. The van der Waals surface area contributed by atoms with E-state index >= 15 is 0 Å². The molecule has 2 aliphatic carbocycles. The fourth-order valence-corrected chi connectivity index (χ4v) is 5.55. The summed E-state index contributed by atoms with van der Waals surface area (Å²) < 4.78 is 5.70. The van der Waals surface area contributed by atoms with Gasteiger partial charge in [0.1, 0.15) is 6.61 Å². The van der Waals surface area contributed by atoms with Crippen molar-refractivity contribution in [1.29, 1.82) is 0 Å². The maximum atomic E-state index is 13.0. The van der Waals surface area contributed by atoms with Crippen LogP contribution in [0.1, 0.15) is 47.9 Å². The molecule has 5 rings (SSSR count). The van der Waals surface area contributed by atoms with Crippen molar-refractivity contribution in [3.8, 4) is 0 Å². The van der Waals surface area contributed by atoms with Gasteiger partial charge in [0, 0.05) is 12.0 Å². The third kappa shape index (κ3) is 2.76. The van der Waals surface area contributed by atoms with Gasteiger partial charge in [-0.25, -0.2) is 4.79 Å². The number of hydrogen-bond donors (Lipinski definition) is 0. The molecular formula is C25H27NO2. The van der Waals surface area contributed by atoms with E-state index in [-0.39, 0.29) is 17.6 Å². The highest BCUT2D eigenvalue weighted by atomic mass is 16.6. The van der Waals surface area contributed by atoms with Crippen molar-refractivity contribution in [3.63, 3.8) is 0 Å². The lowest BCUT2D eigenvalue weighted by atomic mass is 9.57. The van der Waals surface area contributed by atoms with Crippen LogP contribution in [0.3, 0.4) is 0 Å². The van der Waals surface area contributed by atoms with Gasteiger partial charge >= 0.3 is 6.09 Å². The van der Waals surface area contributed by atoms with Crippen LogP contribution in [-0.2, 0) is 23.2 Å². The molecule has 1 heterocycles. The lowest BCUT2D eigenvalue weighted by molar-refractivity contribution is 0.0645. The molecule has 3 nitrogen and oxygen atoms in total. The van der Waals surface area contributed by atoms with E-state index in [2.05, 4.69) is 31.2 Å². The number of fused-ring (bicyclic) bond motifs is 1. The van der Waals surface area contributed by atoms with E-state index in [0.717, 1.165) is 31.4 Å². The first-order valence-electron chi connectivity index (χ1n) is 10.5. The molecule has 28 heavy (non-hydrogen) atoms. The second-order valence-corrected chi connectivity index (χ2v) is 8.50. The number of carbonyl (C=O) groups is 1. The van der Waals surface area contributed by atoms with Crippen LogP contribution >= 0.6 is 0 Å². The average molecular weight is 373 g/mol. The Morgan fingerprint density at radius 1 is 1.18 bits per heavy atom. The number of benzene rings is 2. The van der Waals surface area contributed by atoms with Gasteiger partial charge in [-0.15, -0.1) is 0 Å². The monoisotopic (exact) mass is 373 g/mol. The van der Waals surface area contributed by atoms with E-state index in [1.807, 2.05) is 35.2 Å². The summed E-state index contributed by atoms with van der Waals surface area (Å²) in [6.45, 7) is 3.30. The highest BCUT2D eigenvalue weighted by Gasteiger charge is 2.51. The van der Waals surface area contributed by atoms with Crippen molar-refractivity contribution in [2.24, 2.45) is 0 Å². The molecule has 1 amide bonds. The van der Waals surface area contributed by atoms with Gasteiger partial charge in [-0.1, -0.05) is 60.2 Å². The summed E-state index contributed by atoms with van der Waals surface area (Å²) in [4.78, 5) is 15.0. The summed E-state index contributed by atoms with van der Waals surface area (Å²) in [7, 11) is 0. The summed E-state index contributed by atoms with van der Waals surface area (Å²) in [6.07, 6.45) is 7.73. The molecule has 144 valence electrons. The van der Waals surface area contributed by atoms with Crippen molar-refractivity contribution in [3.05, 3.63) is 82.4 Å². The number of likely N-dealkylation sites (tertiary alicyclic amines) is 1. The highest BCUT2D eigenvalue weighted by molar-refractivity contribution is 5.70. The van der Waals surface area contributed by atoms with Gasteiger partial charge in [0.05, 0.1) is 6.04 Å². The largest absolute Gasteiger partial charge is 0.445 e. The van der Waals surface area contributed by atoms with E-state index in [1.54, 1.807) is 0 Å². The minimum absolute atomic E-state index is 0.138. The molecule has 2 aromatic rings. The van der Waals surface area contributed by atoms with Crippen LogP contribution in [0.4, 0.5) is 4.79 Å². The Balaban J connectivity index is 1.44. The molecule has 0 saturated carbocycles. The first kappa shape index (κ1) is 17.5. The third-order valence-corrected chi connectivity index (χ3v) is 6.87. The normalized spacial score (nSPS) is 25.4. The Morgan fingerprint density at radius 2 is 2.04 bits per heavy atom. The molecule has 3 aliphatic rings. The third-order valence-electron chi connectivity index (χ3n) is 6.87. The van der Waals surface area contributed by atoms with Crippen LogP contribution in [0, 0.1) is 6.92 Å². The average Bonchev–Trinajstić information content (AvgIpc) is 2.73. The van der Waals surface area contributed by atoms with Gasteiger partial charge in [-0.2, -0.15) is 0 Å². The van der Waals surface area contributed by atoms with Gasteiger partial charge in [0.25, 0.3) is 0 Å². The number of carbonyl (C=O) groups excluding carboxylic acids is 1. The second-order valence-electron chi connectivity index (χ2n) is 8.50. The first-order valence-corrected chi connectivity index (χ1v) is 10.5. The molecule has 2 atom stereocenters. The molecule has 2 aromatic carbocycles. The number of ether oxygens (including phenoxy) is 1. The SMILES string of the molecule is Cc1ccc2c(c1)[C@@]13CCCC=C1[C@@H](C2)N(C(=O)OCc1ccccc1)CC3. The Kier molecular flexibility index (Phi) is 4.26. The lowest BCUT2D eigenvalue weighted by Gasteiger charge is -2.54. The fraction of sp³-hybridized carbons (Fsp3) is 0.400. The molecule has 1 fully saturated rings. The zero-order valence-corrected chi connectivity index (χ0v) is 16.5. The number of aryl methyl sites for hydroxylation is 1. The molecule has 0 unspecified atom stereocenters. The van der Waals surface area contributed by atoms with E-state index in [1.165, 1.54) is 35.1 Å². The summed E-state index contributed by atoms with van der Waals surface area (Å²) in [5, 5.41) is 0. The van der Waals surface area contributed by atoms with Crippen molar-refractivity contribution >= 4 is 6.09 Å². The topological polar surface area (TPSA) is 29.5 Å². The molecule has 1 saturated heterocycles. The van der Waals surface area contributed by atoms with Crippen molar-refractivity contribution in [2.75, 3.05) is 6.54 Å². The first-order chi connectivity index (χ1) is 13.7.